The maximum Gasteiger partial charge on any atom is 0.269 e. The van der Waals surface area contributed by atoms with Crippen LogP contribution in [0.1, 0.15) is 33.7 Å². The number of amides is 2. The van der Waals surface area contributed by atoms with Gasteiger partial charge < -0.3 is 4.90 Å². The summed E-state index contributed by atoms with van der Waals surface area (Å²) in [6.07, 6.45) is 2.14. The summed E-state index contributed by atoms with van der Waals surface area (Å²) < 4.78 is 1.65. The zero-order valence-electron chi connectivity index (χ0n) is 16.4. The molecule has 9 nitrogen and oxygen atoms in total. The minimum absolute atomic E-state index is 0.210. The number of nitrogens with zero attached hydrogens (tertiary/aromatic N) is 5. The predicted molar refractivity (Wildman–Crippen MR) is 105 cm³/mol. The summed E-state index contributed by atoms with van der Waals surface area (Å²) in [7, 11) is 3.79. The van der Waals surface area contributed by atoms with Crippen molar-refractivity contribution in [2.24, 2.45) is 0 Å². The average Bonchev–Trinajstić information content (AvgIpc) is 3.14. The molecule has 2 aromatic heterocycles. The topological polar surface area (TPSA) is 105 Å². The molecule has 3 rings (SSSR count). The molecule has 146 valence electrons. The molecule has 0 saturated heterocycles. The number of rotatable bonds is 5. The van der Waals surface area contributed by atoms with Crippen molar-refractivity contribution in [1.29, 1.82) is 0 Å². The van der Waals surface area contributed by atoms with Gasteiger partial charge in [-0.05, 0) is 44.0 Å². The Bertz CT molecular complexity index is 1030. The molecule has 0 atom stereocenters. The highest BCUT2D eigenvalue weighted by molar-refractivity contribution is 5.96. The molecule has 0 fully saturated rings. The van der Waals surface area contributed by atoms with E-state index in [-0.39, 0.29) is 18.2 Å². The van der Waals surface area contributed by atoms with Gasteiger partial charge in [0.2, 0.25) is 5.91 Å². The molecule has 0 unspecified atom stereocenters. The normalized spacial score (nSPS) is 10.7. The van der Waals surface area contributed by atoms with Crippen LogP contribution in [-0.2, 0) is 11.2 Å². The standard InChI is InChI=1S/C19H23N7O2/c1-12-16(13(2)26-19(22-12)20-11-21-26)8-9-17(27)23-24-18(28)14-6-5-7-15(10-14)25(3)4/h5-7,10-11H,8-9H2,1-4H3,(H,23,27)(H,24,28). The second kappa shape index (κ2) is 8.03. The van der Waals surface area contributed by atoms with E-state index in [1.54, 1.807) is 22.7 Å². The minimum atomic E-state index is -0.366. The van der Waals surface area contributed by atoms with Gasteiger partial charge in [0.15, 0.2) is 0 Å². The van der Waals surface area contributed by atoms with Crippen LogP contribution in [0.2, 0.25) is 0 Å². The second-order valence-electron chi connectivity index (χ2n) is 6.68. The number of hydrazine groups is 1. The van der Waals surface area contributed by atoms with Crippen LogP contribution >= 0.6 is 0 Å². The molecule has 0 bridgehead atoms. The number of hydrogen-bond donors (Lipinski definition) is 2. The molecule has 0 spiro atoms. The van der Waals surface area contributed by atoms with Gasteiger partial charge in [-0.15, -0.1) is 0 Å². The molecular weight excluding hydrogens is 358 g/mol. The van der Waals surface area contributed by atoms with Gasteiger partial charge in [0.1, 0.15) is 6.33 Å². The maximum atomic E-state index is 12.3. The third-order valence-electron chi connectivity index (χ3n) is 4.53. The van der Waals surface area contributed by atoms with Crippen molar-refractivity contribution < 1.29 is 9.59 Å². The van der Waals surface area contributed by atoms with E-state index in [0.717, 1.165) is 22.6 Å². The predicted octanol–water partition coefficient (Wildman–Crippen LogP) is 1.20. The number of carbonyl (C=O) groups excluding carboxylic acids is 2. The lowest BCUT2D eigenvalue weighted by Crippen LogP contribution is -2.41. The van der Waals surface area contributed by atoms with Gasteiger partial charge >= 0.3 is 0 Å². The number of hydrogen-bond acceptors (Lipinski definition) is 6. The quantitative estimate of drug-likeness (QED) is 0.644. The molecule has 28 heavy (non-hydrogen) atoms. The summed E-state index contributed by atoms with van der Waals surface area (Å²) in [5.74, 6) is -0.111. The van der Waals surface area contributed by atoms with E-state index in [9.17, 15) is 9.59 Å². The van der Waals surface area contributed by atoms with Crippen LogP contribution in [0.15, 0.2) is 30.6 Å². The number of benzene rings is 1. The van der Waals surface area contributed by atoms with E-state index in [2.05, 4.69) is 25.9 Å². The smallest absolute Gasteiger partial charge is 0.269 e. The molecule has 9 heteroatoms. The first-order valence-corrected chi connectivity index (χ1v) is 8.89. The van der Waals surface area contributed by atoms with Gasteiger partial charge in [-0.2, -0.15) is 10.1 Å². The maximum absolute atomic E-state index is 12.3. The number of anilines is 1. The molecule has 0 aliphatic rings. The van der Waals surface area contributed by atoms with Crippen molar-refractivity contribution in [1.82, 2.24) is 30.4 Å². The van der Waals surface area contributed by atoms with Crippen molar-refractivity contribution >= 4 is 23.3 Å². The highest BCUT2D eigenvalue weighted by atomic mass is 16.2. The lowest BCUT2D eigenvalue weighted by molar-refractivity contribution is -0.121. The first-order valence-electron chi connectivity index (χ1n) is 8.89. The Morgan fingerprint density at radius 1 is 1.18 bits per heavy atom. The number of aryl methyl sites for hydroxylation is 2. The SMILES string of the molecule is Cc1nc2ncnn2c(C)c1CCC(=O)NNC(=O)c1cccc(N(C)C)c1. The Kier molecular flexibility index (Phi) is 5.53. The largest absolute Gasteiger partial charge is 0.378 e. The molecule has 0 radical (unpaired) electrons. The van der Waals surface area contributed by atoms with Gasteiger partial charge in [-0.1, -0.05) is 6.07 Å². The summed E-state index contributed by atoms with van der Waals surface area (Å²) in [5.41, 5.74) is 8.95. The minimum Gasteiger partial charge on any atom is -0.378 e. The summed E-state index contributed by atoms with van der Waals surface area (Å²) in [5, 5.41) is 4.14. The zero-order valence-corrected chi connectivity index (χ0v) is 16.4. The van der Waals surface area contributed by atoms with Gasteiger partial charge in [0, 0.05) is 43.2 Å². The third-order valence-corrected chi connectivity index (χ3v) is 4.53. The van der Waals surface area contributed by atoms with Crippen LogP contribution in [0, 0.1) is 13.8 Å². The summed E-state index contributed by atoms with van der Waals surface area (Å²) in [6.45, 7) is 3.80. The fraction of sp³-hybridized carbons (Fsp3) is 0.316. The Morgan fingerprint density at radius 3 is 2.71 bits per heavy atom. The monoisotopic (exact) mass is 381 g/mol. The molecule has 0 saturated carbocycles. The molecule has 3 aromatic rings. The van der Waals surface area contributed by atoms with E-state index < -0.39 is 0 Å². The first kappa shape index (κ1) is 19.3. The van der Waals surface area contributed by atoms with Crippen LogP contribution in [-0.4, -0.2) is 45.5 Å². The number of fused-ring (bicyclic) bond motifs is 1. The van der Waals surface area contributed by atoms with Crippen LogP contribution in [0.25, 0.3) is 5.78 Å². The van der Waals surface area contributed by atoms with Gasteiger partial charge in [-0.25, -0.2) is 9.50 Å². The summed E-state index contributed by atoms with van der Waals surface area (Å²) in [6, 6.07) is 7.15. The number of nitrogens with one attached hydrogen (secondary N) is 2. The lowest BCUT2D eigenvalue weighted by atomic mass is 10.1. The van der Waals surface area contributed by atoms with Crippen molar-refractivity contribution in [2.75, 3.05) is 19.0 Å². The fourth-order valence-corrected chi connectivity index (χ4v) is 2.94. The highest BCUT2D eigenvalue weighted by Crippen LogP contribution is 2.15. The van der Waals surface area contributed by atoms with E-state index in [1.807, 2.05) is 38.9 Å². The Morgan fingerprint density at radius 2 is 1.96 bits per heavy atom. The summed E-state index contributed by atoms with van der Waals surface area (Å²) in [4.78, 5) is 34.8. The van der Waals surface area contributed by atoms with E-state index in [4.69, 9.17) is 0 Å². The van der Waals surface area contributed by atoms with Gasteiger partial charge in [-0.3, -0.25) is 20.4 Å². The molecule has 2 heterocycles. The van der Waals surface area contributed by atoms with E-state index in [0.29, 0.717) is 17.8 Å². The Balaban J connectivity index is 1.58. The van der Waals surface area contributed by atoms with Crippen LogP contribution in [0.5, 0.6) is 0 Å². The molecule has 0 aliphatic heterocycles. The second-order valence-corrected chi connectivity index (χ2v) is 6.68. The highest BCUT2D eigenvalue weighted by Gasteiger charge is 2.13. The van der Waals surface area contributed by atoms with Crippen LogP contribution in [0.4, 0.5) is 5.69 Å². The number of carbonyl (C=O) groups is 2. The molecular formula is C19H23N7O2. The zero-order chi connectivity index (χ0) is 20.3. The Hall–Kier alpha value is -3.49. The Labute approximate surface area is 162 Å². The van der Waals surface area contributed by atoms with Crippen LogP contribution in [0.3, 0.4) is 0 Å². The lowest BCUT2D eigenvalue weighted by Gasteiger charge is -2.14. The molecule has 2 N–H and O–H groups in total. The van der Waals surface area contributed by atoms with E-state index >= 15 is 0 Å². The fourth-order valence-electron chi connectivity index (χ4n) is 2.94. The van der Waals surface area contributed by atoms with Crippen molar-refractivity contribution in [2.45, 2.75) is 26.7 Å². The summed E-state index contributed by atoms with van der Waals surface area (Å²) >= 11 is 0. The van der Waals surface area contributed by atoms with Gasteiger partial charge in [0.05, 0.1) is 0 Å². The van der Waals surface area contributed by atoms with Crippen LogP contribution < -0.4 is 15.8 Å². The van der Waals surface area contributed by atoms with Crippen molar-refractivity contribution in [3.8, 4) is 0 Å². The molecule has 2 amide bonds. The van der Waals surface area contributed by atoms with Gasteiger partial charge in [0.25, 0.3) is 11.7 Å². The van der Waals surface area contributed by atoms with E-state index in [1.165, 1.54) is 6.33 Å². The first-order chi connectivity index (χ1) is 13.4. The molecule has 1 aromatic carbocycles. The van der Waals surface area contributed by atoms with Crippen molar-refractivity contribution in [3.63, 3.8) is 0 Å². The molecule has 0 aliphatic carbocycles. The number of aromatic nitrogens is 4. The average molecular weight is 381 g/mol. The van der Waals surface area contributed by atoms with Crippen molar-refractivity contribution in [3.05, 3.63) is 53.1 Å². The third kappa shape index (κ3) is 4.08.